The van der Waals surface area contributed by atoms with Gasteiger partial charge < -0.3 is 9.64 Å². The predicted molar refractivity (Wildman–Crippen MR) is 54.5 cm³/mol. The van der Waals surface area contributed by atoms with Gasteiger partial charge in [0.05, 0.1) is 12.4 Å². The monoisotopic (exact) mass is 222 g/mol. The lowest BCUT2D eigenvalue weighted by Gasteiger charge is -2.18. The third-order valence-electron chi connectivity index (χ3n) is 2.22. The van der Waals surface area contributed by atoms with Gasteiger partial charge in [-0.3, -0.25) is 0 Å². The molecule has 0 atom stereocenters. The lowest BCUT2D eigenvalue weighted by atomic mass is 10.3. The number of hydrogen-bond donors (Lipinski definition) is 1. The third kappa shape index (κ3) is 5.54. The minimum Gasteiger partial charge on any atom is -0.380 e. The molecule has 1 fully saturated rings. The van der Waals surface area contributed by atoms with Crippen LogP contribution in [0, 0.1) is 0 Å². The molecule has 1 rings (SSSR count). The van der Waals surface area contributed by atoms with Crippen molar-refractivity contribution in [2.75, 3.05) is 38.6 Å². The Morgan fingerprint density at radius 1 is 1.29 bits per heavy atom. The van der Waals surface area contributed by atoms with Crippen molar-refractivity contribution in [1.82, 2.24) is 4.90 Å². The molecule has 1 aliphatic rings. The summed E-state index contributed by atoms with van der Waals surface area (Å²) < 4.78 is 26.6. The topological polar surface area (TPSA) is 72.6 Å². The summed E-state index contributed by atoms with van der Waals surface area (Å²) in [5.74, 6) is 0.0738. The Morgan fingerprint density at radius 2 is 2.07 bits per heavy atom. The van der Waals surface area contributed by atoms with E-state index in [1.807, 2.05) is 0 Å². The van der Waals surface area contributed by atoms with Gasteiger partial charge in [-0.05, 0) is 19.4 Å². The molecule has 0 aromatic carbocycles. The summed E-state index contributed by atoms with van der Waals surface area (Å²) in [6.07, 6.45) is 1.63. The van der Waals surface area contributed by atoms with Crippen LogP contribution in [0.3, 0.4) is 0 Å². The molecular formula is C8H18N2O3S. The summed E-state index contributed by atoms with van der Waals surface area (Å²) in [4.78, 5) is 2.22. The SMILES string of the molecule is NS(=O)(=O)CCCN1CCCOCC1. The van der Waals surface area contributed by atoms with Crippen molar-refractivity contribution in [3.05, 3.63) is 0 Å². The minimum atomic E-state index is -3.29. The first kappa shape index (κ1) is 11.9. The van der Waals surface area contributed by atoms with Crippen LogP contribution < -0.4 is 5.14 Å². The summed E-state index contributed by atoms with van der Waals surface area (Å²) >= 11 is 0. The zero-order chi connectivity index (χ0) is 10.4. The van der Waals surface area contributed by atoms with E-state index in [9.17, 15) is 8.42 Å². The number of hydrogen-bond acceptors (Lipinski definition) is 4. The predicted octanol–water partition coefficient (Wildman–Crippen LogP) is -0.613. The molecule has 0 aromatic rings. The van der Waals surface area contributed by atoms with Gasteiger partial charge in [-0.15, -0.1) is 0 Å². The van der Waals surface area contributed by atoms with Crippen molar-refractivity contribution >= 4 is 10.0 Å². The second kappa shape index (κ2) is 5.65. The van der Waals surface area contributed by atoms with Crippen LogP contribution in [-0.4, -0.2) is 51.9 Å². The van der Waals surface area contributed by atoms with Crippen molar-refractivity contribution in [2.45, 2.75) is 12.8 Å². The number of primary sulfonamides is 1. The van der Waals surface area contributed by atoms with Crippen LogP contribution in [0.4, 0.5) is 0 Å². The van der Waals surface area contributed by atoms with Crippen LogP contribution in [0.25, 0.3) is 0 Å². The van der Waals surface area contributed by atoms with Gasteiger partial charge in [-0.25, -0.2) is 13.6 Å². The van der Waals surface area contributed by atoms with E-state index in [0.717, 1.165) is 39.3 Å². The number of rotatable bonds is 4. The number of nitrogens with zero attached hydrogens (tertiary/aromatic N) is 1. The van der Waals surface area contributed by atoms with Crippen LogP contribution in [-0.2, 0) is 14.8 Å². The zero-order valence-electron chi connectivity index (χ0n) is 8.31. The fourth-order valence-electron chi connectivity index (χ4n) is 1.51. The van der Waals surface area contributed by atoms with E-state index >= 15 is 0 Å². The van der Waals surface area contributed by atoms with Crippen LogP contribution >= 0.6 is 0 Å². The van der Waals surface area contributed by atoms with Crippen molar-refractivity contribution in [1.29, 1.82) is 0 Å². The molecule has 1 aliphatic heterocycles. The van der Waals surface area contributed by atoms with E-state index in [2.05, 4.69) is 4.90 Å². The van der Waals surface area contributed by atoms with E-state index in [1.165, 1.54) is 0 Å². The van der Waals surface area contributed by atoms with Crippen molar-refractivity contribution in [3.8, 4) is 0 Å². The molecule has 0 aliphatic carbocycles. The van der Waals surface area contributed by atoms with E-state index in [1.54, 1.807) is 0 Å². The molecule has 0 unspecified atom stereocenters. The molecule has 1 saturated heterocycles. The fourth-order valence-corrected chi connectivity index (χ4v) is 2.04. The highest BCUT2D eigenvalue weighted by Gasteiger charge is 2.10. The van der Waals surface area contributed by atoms with E-state index < -0.39 is 10.0 Å². The highest BCUT2D eigenvalue weighted by Crippen LogP contribution is 2.00. The van der Waals surface area contributed by atoms with Gasteiger partial charge in [0.2, 0.25) is 10.0 Å². The summed E-state index contributed by atoms with van der Waals surface area (Å²) in [6, 6.07) is 0. The smallest absolute Gasteiger partial charge is 0.209 e. The second-order valence-electron chi connectivity index (χ2n) is 3.53. The molecule has 0 bridgehead atoms. The van der Waals surface area contributed by atoms with Gasteiger partial charge >= 0.3 is 0 Å². The van der Waals surface area contributed by atoms with Crippen molar-refractivity contribution < 1.29 is 13.2 Å². The lowest BCUT2D eigenvalue weighted by Crippen LogP contribution is -2.29. The number of sulfonamides is 1. The average Bonchev–Trinajstić information content (AvgIpc) is 2.30. The van der Waals surface area contributed by atoms with E-state index in [4.69, 9.17) is 9.88 Å². The molecule has 2 N–H and O–H groups in total. The summed E-state index contributed by atoms with van der Waals surface area (Å²) in [5, 5.41) is 4.91. The molecule has 0 aromatic heterocycles. The maximum atomic E-state index is 10.7. The maximum absolute atomic E-state index is 10.7. The molecule has 5 nitrogen and oxygen atoms in total. The largest absolute Gasteiger partial charge is 0.380 e. The number of ether oxygens (including phenoxy) is 1. The zero-order valence-corrected chi connectivity index (χ0v) is 9.13. The second-order valence-corrected chi connectivity index (χ2v) is 5.26. The van der Waals surface area contributed by atoms with Gasteiger partial charge in [0, 0.05) is 19.7 Å². The molecular weight excluding hydrogens is 204 g/mol. The van der Waals surface area contributed by atoms with Gasteiger partial charge in [-0.2, -0.15) is 0 Å². The molecule has 6 heteroatoms. The lowest BCUT2D eigenvalue weighted by molar-refractivity contribution is 0.141. The molecule has 0 spiro atoms. The molecule has 0 radical (unpaired) electrons. The summed E-state index contributed by atoms with van der Waals surface area (Å²) in [7, 11) is -3.29. The Labute approximate surface area is 85.3 Å². The van der Waals surface area contributed by atoms with E-state index in [0.29, 0.717) is 6.42 Å². The standard InChI is InChI=1S/C8H18N2O3S/c9-14(11,12)8-2-4-10-3-1-6-13-7-5-10/h1-8H2,(H2,9,11,12). The van der Waals surface area contributed by atoms with Crippen molar-refractivity contribution in [3.63, 3.8) is 0 Å². The molecule has 0 amide bonds. The Morgan fingerprint density at radius 3 is 2.79 bits per heavy atom. The van der Waals surface area contributed by atoms with Gasteiger partial charge in [-0.1, -0.05) is 0 Å². The third-order valence-corrected chi connectivity index (χ3v) is 3.08. The quantitative estimate of drug-likeness (QED) is 0.688. The molecule has 84 valence electrons. The van der Waals surface area contributed by atoms with Gasteiger partial charge in [0.1, 0.15) is 0 Å². The minimum absolute atomic E-state index is 0.0738. The van der Waals surface area contributed by atoms with Gasteiger partial charge in [0.25, 0.3) is 0 Å². The Kier molecular flexibility index (Phi) is 4.80. The first-order valence-electron chi connectivity index (χ1n) is 4.88. The summed E-state index contributed by atoms with van der Waals surface area (Å²) in [6.45, 7) is 4.23. The van der Waals surface area contributed by atoms with Crippen LogP contribution in [0.5, 0.6) is 0 Å². The molecule has 1 heterocycles. The summed E-state index contributed by atoms with van der Waals surface area (Å²) in [5.41, 5.74) is 0. The van der Waals surface area contributed by atoms with Crippen molar-refractivity contribution in [2.24, 2.45) is 5.14 Å². The maximum Gasteiger partial charge on any atom is 0.209 e. The Bertz CT molecular complexity index is 245. The van der Waals surface area contributed by atoms with Gasteiger partial charge in [0.15, 0.2) is 0 Å². The van der Waals surface area contributed by atoms with Crippen LogP contribution in [0.1, 0.15) is 12.8 Å². The highest BCUT2D eigenvalue weighted by molar-refractivity contribution is 7.89. The Hall–Kier alpha value is -0.170. The average molecular weight is 222 g/mol. The molecule has 14 heavy (non-hydrogen) atoms. The van der Waals surface area contributed by atoms with Crippen LogP contribution in [0.15, 0.2) is 0 Å². The first-order chi connectivity index (χ1) is 6.58. The normalized spacial score (nSPS) is 20.6. The Balaban J connectivity index is 2.16. The van der Waals surface area contributed by atoms with E-state index in [-0.39, 0.29) is 5.75 Å². The van der Waals surface area contributed by atoms with Crippen LogP contribution in [0.2, 0.25) is 0 Å². The first-order valence-corrected chi connectivity index (χ1v) is 6.60. The molecule has 0 saturated carbocycles. The fraction of sp³-hybridized carbons (Fsp3) is 1.00. The highest BCUT2D eigenvalue weighted by atomic mass is 32.2. The number of nitrogens with two attached hydrogens (primary N) is 1.